The Morgan fingerprint density at radius 1 is 1.24 bits per heavy atom. The number of likely N-dealkylation sites (N-methyl/N-ethyl adjacent to an activating group) is 1. The lowest BCUT2D eigenvalue weighted by Crippen LogP contribution is -2.39. The van der Waals surface area contributed by atoms with Gasteiger partial charge in [0, 0.05) is 7.05 Å². The molecule has 1 aliphatic rings. The summed E-state index contributed by atoms with van der Waals surface area (Å²) in [6.45, 7) is 1.82. The van der Waals surface area contributed by atoms with Gasteiger partial charge in [-0.2, -0.15) is 0 Å². The van der Waals surface area contributed by atoms with Crippen molar-refractivity contribution < 1.29 is 23.5 Å². The van der Waals surface area contributed by atoms with Crippen molar-refractivity contribution in [3.8, 4) is 11.5 Å². The number of carbonyl (C=O) groups is 2. The van der Waals surface area contributed by atoms with Crippen LogP contribution in [0, 0.1) is 0 Å². The van der Waals surface area contributed by atoms with Gasteiger partial charge >= 0.3 is 0 Å². The molecular formula is C22H28N2O5. The number of hydrogen-bond acceptors (Lipinski definition) is 5. The topological polar surface area (TPSA) is 81.0 Å². The van der Waals surface area contributed by atoms with Crippen LogP contribution in [0.5, 0.6) is 11.5 Å². The molecular weight excluding hydrogens is 372 g/mol. The van der Waals surface area contributed by atoms with Gasteiger partial charge in [-0.05, 0) is 62.4 Å². The highest BCUT2D eigenvalue weighted by Gasteiger charge is 2.21. The molecule has 1 aliphatic carbocycles. The maximum atomic E-state index is 12.4. The minimum atomic E-state index is -0.340. The average Bonchev–Trinajstić information content (AvgIpc) is 3.41. The fourth-order valence-electron chi connectivity index (χ4n) is 3.48. The first-order valence-electron chi connectivity index (χ1n) is 9.91. The van der Waals surface area contributed by atoms with Gasteiger partial charge in [0.2, 0.25) is 5.91 Å². The molecule has 156 valence electrons. The molecule has 29 heavy (non-hydrogen) atoms. The van der Waals surface area contributed by atoms with Gasteiger partial charge in [-0.15, -0.1) is 0 Å². The standard InChI is InChI=1S/C22H28N2O5/c1-15(23-21(25)14-24(2)22(26)19-9-6-12-28-19)16-10-11-18(20(13-16)27-3)29-17-7-4-5-8-17/h6,9-13,15,17H,4-5,7-8,14H2,1-3H3,(H,23,25). The van der Waals surface area contributed by atoms with Crippen LogP contribution in [0.3, 0.4) is 0 Å². The van der Waals surface area contributed by atoms with E-state index in [0.29, 0.717) is 5.75 Å². The van der Waals surface area contributed by atoms with Gasteiger partial charge in [0.1, 0.15) is 0 Å². The molecule has 7 nitrogen and oxygen atoms in total. The van der Waals surface area contributed by atoms with Gasteiger partial charge in [-0.1, -0.05) is 6.07 Å². The van der Waals surface area contributed by atoms with Crippen molar-refractivity contribution in [3.05, 3.63) is 47.9 Å². The van der Waals surface area contributed by atoms with E-state index in [2.05, 4.69) is 5.32 Å². The highest BCUT2D eigenvalue weighted by Crippen LogP contribution is 2.33. The van der Waals surface area contributed by atoms with Crippen molar-refractivity contribution >= 4 is 11.8 Å². The molecule has 0 saturated heterocycles. The van der Waals surface area contributed by atoms with Gasteiger partial charge in [-0.3, -0.25) is 9.59 Å². The molecule has 7 heteroatoms. The Morgan fingerprint density at radius 3 is 2.66 bits per heavy atom. The lowest BCUT2D eigenvalue weighted by atomic mass is 10.1. The van der Waals surface area contributed by atoms with Crippen molar-refractivity contribution in [3.63, 3.8) is 0 Å². The van der Waals surface area contributed by atoms with Gasteiger partial charge in [-0.25, -0.2) is 0 Å². The number of nitrogens with zero attached hydrogens (tertiary/aromatic N) is 1. The molecule has 2 aromatic rings. The number of furan rings is 1. The SMILES string of the molecule is COc1cc(C(C)NC(=O)CN(C)C(=O)c2ccco2)ccc1OC1CCCC1. The second-order valence-corrected chi connectivity index (χ2v) is 7.36. The van der Waals surface area contributed by atoms with E-state index in [9.17, 15) is 9.59 Å². The molecule has 0 aliphatic heterocycles. The third-order valence-corrected chi connectivity index (χ3v) is 5.12. The van der Waals surface area contributed by atoms with Crippen molar-refractivity contribution in [1.29, 1.82) is 0 Å². The highest BCUT2D eigenvalue weighted by molar-refractivity contribution is 5.94. The summed E-state index contributed by atoms with van der Waals surface area (Å²) in [6, 6.07) is 8.66. The number of benzene rings is 1. The van der Waals surface area contributed by atoms with E-state index in [0.717, 1.165) is 24.2 Å². The molecule has 0 bridgehead atoms. The molecule has 1 heterocycles. The second kappa shape index (κ2) is 9.49. The van der Waals surface area contributed by atoms with Gasteiger partial charge < -0.3 is 24.1 Å². The summed E-state index contributed by atoms with van der Waals surface area (Å²) >= 11 is 0. The lowest BCUT2D eigenvalue weighted by Gasteiger charge is -2.20. The van der Waals surface area contributed by atoms with Crippen molar-refractivity contribution in [2.45, 2.75) is 44.8 Å². The minimum Gasteiger partial charge on any atom is -0.493 e. The average molecular weight is 400 g/mol. The quantitative estimate of drug-likeness (QED) is 0.733. The Labute approximate surface area is 171 Å². The summed E-state index contributed by atoms with van der Waals surface area (Å²) in [5, 5.41) is 2.91. The van der Waals surface area contributed by atoms with E-state index in [4.69, 9.17) is 13.9 Å². The van der Waals surface area contributed by atoms with Crippen LogP contribution < -0.4 is 14.8 Å². The first-order chi connectivity index (χ1) is 14.0. The number of nitrogens with one attached hydrogen (secondary N) is 1. The number of hydrogen-bond donors (Lipinski definition) is 1. The third-order valence-electron chi connectivity index (χ3n) is 5.12. The molecule has 1 saturated carbocycles. The van der Waals surface area contributed by atoms with Crippen LogP contribution in [-0.2, 0) is 4.79 Å². The zero-order valence-electron chi connectivity index (χ0n) is 17.1. The summed E-state index contributed by atoms with van der Waals surface area (Å²) in [5.41, 5.74) is 0.897. The summed E-state index contributed by atoms with van der Waals surface area (Å²) in [6.07, 6.45) is 6.21. The van der Waals surface area contributed by atoms with Crippen molar-refractivity contribution in [2.24, 2.45) is 0 Å². The van der Waals surface area contributed by atoms with Crippen molar-refractivity contribution in [2.75, 3.05) is 20.7 Å². The van der Waals surface area contributed by atoms with Gasteiger partial charge in [0.25, 0.3) is 5.91 Å². The van der Waals surface area contributed by atoms with Gasteiger partial charge in [0.15, 0.2) is 17.3 Å². The van der Waals surface area contributed by atoms with Crippen molar-refractivity contribution in [1.82, 2.24) is 10.2 Å². The number of methoxy groups -OCH3 is 1. The predicted octanol–water partition coefficient (Wildman–Crippen LogP) is 3.56. The molecule has 0 radical (unpaired) electrons. The molecule has 2 amide bonds. The summed E-state index contributed by atoms with van der Waals surface area (Å²) in [7, 11) is 3.17. The number of ether oxygens (including phenoxy) is 2. The smallest absolute Gasteiger partial charge is 0.289 e. The molecule has 1 atom stereocenters. The first kappa shape index (κ1) is 20.8. The molecule has 1 N–H and O–H groups in total. The van der Waals surface area contributed by atoms with E-state index >= 15 is 0 Å². The third kappa shape index (κ3) is 5.31. The van der Waals surface area contributed by atoms with E-state index in [-0.39, 0.29) is 36.3 Å². The summed E-state index contributed by atoms with van der Waals surface area (Å²) in [5.74, 6) is 0.986. The highest BCUT2D eigenvalue weighted by atomic mass is 16.5. The maximum Gasteiger partial charge on any atom is 0.289 e. The van der Waals surface area contributed by atoms with Crippen LogP contribution in [-0.4, -0.2) is 43.5 Å². The summed E-state index contributed by atoms with van der Waals surface area (Å²) < 4.78 is 16.6. The number of amides is 2. The Morgan fingerprint density at radius 2 is 2.00 bits per heavy atom. The van der Waals surface area contributed by atoms with Crippen LogP contribution in [0.15, 0.2) is 41.0 Å². The fraction of sp³-hybridized carbons (Fsp3) is 0.455. The van der Waals surface area contributed by atoms with E-state index < -0.39 is 0 Å². The fourth-order valence-corrected chi connectivity index (χ4v) is 3.48. The molecule has 1 unspecified atom stereocenters. The van der Waals surface area contributed by atoms with Crippen LogP contribution in [0.25, 0.3) is 0 Å². The maximum absolute atomic E-state index is 12.4. The normalized spacial score (nSPS) is 15.0. The Bertz CT molecular complexity index is 828. The van der Waals surface area contributed by atoms with Crippen LogP contribution in [0.4, 0.5) is 0 Å². The lowest BCUT2D eigenvalue weighted by molar-refractivity contribution is -0.122. The zero-order valence-corrected chi connectivity index (χ0v) is 17.1. The Hall–Kier alpha value is -2.96. The van der Waals surface area contributed by atoms with Gasteiger partial charge in [0.05, 0.1) is 32.1 Å². The van der Waals surface area contributed by atoms with Crippen LogP contribution in [0.2, 0.25) is 0 Å². The molecule has 1 fully saturated rings. The predicted molar refractivity (Wildman–Crippen MR) is 108 cm³/mol. The van der Waals surface area contributed by atoms with Crippen LogP contribution >= 0.6 is 0 Å². The molecule has 3 rings (SSSR count). The van der Waals surface area contributed by atoms with E-state index in [1.54, 1.807) is 26.3 Å². The Kier molecular flexibility index (Phi) is 6.80. The monoisotopic (exact) mass is 400 g/mol. The second-order valence-electron chi connectivity index (χ2n) is 7.36. The Balaban J connectivity index is 1.58. The molecule has 1 aromatic carbocycles. The van der Waals surface area contributed by atoms with Crippen LogP contribution in [0.1, 0.15) is 54.8 Å². The minimum absolute atomic E-state index is 0.0656. The largest absolute Gasteiger partial charge is 0.493 e. The zero-order chi connectivity index (χ0) is 20.8. The number of carbonyl (C=O) groups excluding carboxylic acids is 2. The first-order valence-corrected chi connectivity index (χ1v) is 9.91. The summed E-state index contributed by atoms with van der Waals surface area (Å²) in [4.78, 5) is 25.9. The molecule has 1 aromatic heterocycles. The number of rotatable bonds is 8. The van der Waals surface area contributed by atoms with E-state index in [1.165, 1.54) is 24.0 Å². The molecule has 0 spiro atoms. The van der Waals surface area contributed by atoms with E-state index in [1.807, 2.05) is 25.1 Å².